The Morgan fingerprint density at radius 3 is 2.30 bits per heavy atom. The quantitative estimate of drug-likeness (QED) is 0.517. The topological polar surface area (TPSA) is 120 Å². The lowest BCUT2D eigenvalue weighted by Gasteiger charge is -2.15. The second-order valence-corrected chi connectivity index (χ2v) is 5.96. The number of Topliss-reactive ketones (excluding diaryl/α,β-unsaturated/α-hetero) is 1. The van der Waals surface area contributed by atoms with Gasteiger partial charge in [0.2, 0.25) is 0 Å². The number of nitrogens with one attached hydrogen (secondary N) is 2. The number of esters is 1. The molecule has 0 aliphatic carbocycles. The normalized spacial score (nSPS) is 11.3. The van der Waals surface area contributed by atoms with Crippen molar-refractivity contribution in [2.24, 2.45) is 0 Å². The molecule has 27 heavy (non-hydrogen) atoms. The molecule has 0 heterocycles. The first kappa shape index (κ1) is 21.9. The summed E-state index contributed by atoms with van der Waals surface area (Å²) in [7, 11) is 1.40. The molecule has 0 spiro atoms. The van der Waals surface area contributed by atoms with E-state index in [4.69, 9.17) is 14.2 Å². The number of ketones is 1. The maximum Gasteiger partial charge on any atom is 0.344 e. The molecule has 1 atom stereocenters. The van der Waals surface area contributed by atoms with Crippen LogP contribution in [-0.4, -0.2) is 49.6 Å². The fraction of sp³-hybridized carbons (Fsp3) is 0.444. The Labute approximate surface area is 157 Å². The van der Waals surface area contributed by atoms with E-state index in [0.29, 0.717) is 5.56 Å². The van der Waals surface area contributed by atoms with Crippen molar-refractivity contribution < 1.29 is 33.4 Å². The molecule has 0 saturated heterocycles. The lowest BCUT2D eigenvalue weighted by Crippen LogP contribution is -2.46. The summed E-state index contributed by atoms with van der Waals surface area (Å²) in [4.78, 5) is 46.5. The largest absolute Gasteiger partial charge is 0.493 e. The summed E-state index contributed by atoms with van der Waals surface area (Å²) in [5.74, 6) is -1.18. The number of hydrogen-bond donors (Lipinski definition) is 2. The molecule has 0 saturated carbocycles. The van der Waals surface area contributed by atoms with E-state index in [2.05, 4.69) is 10.6 Å². The molecule has 1 rings (SSSR count). The molecule has 1 aromatic rings. The van der Waals surface area contributed by atoms with E-state index in [9.17, 15) is 19.2 Å². The van der Waals surface area contributed by atoms with Gasteiger partial charge in [-0.2, -0.15) is 0 Å². The van der Waals surface area contributed by atoms with Crippen LogP contribution in [0.15, 0.2) is 18.2 Å². The summed E-state index contributed by atoms with van der Waals surface area (Å²) >= 11 is 0. The van der Waals surface area contributed by atoms with Crippen LogP contribution in [-0.2, 0) is 14.3 Å². The van der Waals surface area contributed by atoms with Crippen LogP contribution in [0.4, 0.5) is 4.79 Å². The van der Waals surface area contributed by atoms with Crippen LogP contribution >= 0.6 is 0 Å². The van der Waals surface area contributed by atoms with Gasteiger partial charge in [0.25, 0.3) is 5.91 Å². The molecule has 9 heteroatoms. The molecular weight excluding hydrogens is 356 g/mol. The number of carbonyl (C=O) groups excluding carboxylic acids is 4. The number of hydrogen-bond acceptors (Lipinski definition) is 7. The highest BCUT2D eigenvalue weighted by atomic mass is 16.6. The van der Waals surface area contributed by atoms with Crippen LogP contribution in [0, 0.1) is 0 Å². The maximum atomic E-state index is 11.8. The summed E-state index contributed by atoms with van der Waals surface area (Å²) in [5, 5.41) is 4.55. The lowest BCUT2D eigenvalue weighted by atomic mass is 10.1. The molecule has 148 valence electrons. The summed E-state index contributed by atoms with van der Waals surface area (Å²) in [5.41, 5.74) is 0.437. The molecule has 0 aliphatic rings. The van der Waals surface area contributed by atoms with E-state index in [1.807, 2.05) is 0 Å². The minimum absolute atomic E-state index is 0.138. The smallest absolute Gasteiger partial charge is 0.344 e. The van der Waals surface area contributed by atoms with E-state index in [0.717, 1.165) is 0 Å². The Bertz CT molecular complexity index is 716. The van der Waals surface area contributed by atoms with Gasteiger partial charge in [-0.3, -0.25) is 14.9 Å². The van der Waals surface area contributed by atoms with Gasteiger partial charge in [-0.1, -0.05) is 0 Å². The predicted molar refractivity (Wildman–Crippen MR) is 95.9 cm³/mol. The third kappa shape index (κ3) is 7.35. The molecule has 2 N–H and O–H groups in total. The summed E-state index contributed by atoms with van der Waals surface area (Å²) < 4.78 is 15.4. The van der Waals surface area contributed by atoms with E-state index in [1.165, 1.54) is 39.2 Å². The first-order valence-electron chi connectivity index (χ1n) is 8.26. The van der Waals surface area contributed by atoms with Crippen molar-refractivity contribution in [1.82, 2.24) is 10.6 Å². The van der Waals surface area contributed by atoms with Crippen molar-refractivity contribution in [3.63, 3.8) is 0 Å². The maximum absolute atomic E-state index is 11.8. The summed E-state index contributed by atoms with van der Waals surface area (Å²) in [6, 6.07) is 3.70. The van der Waals surface area contributed by atoms with Gasteiger partial charge in [0, 0.05) is 11.6 Å². The Hall–Kier alpha value is -3.10. The molecule has 0 radical (unpaired) electrons. The number of methoxy groups -OCH3 is 1. The van der Waals surface area contributed by atoms with E-state index >= 15 is 0 Å². The standard InChI is InChI=1S/C18H24N2O7/c1-10(2)19-18(24)20-17(23)12(4)27-16(22)9-26-14-7-6-13(11(3)21)8-15(14)25-5/h6-8,10,12H,9H2,1-5H3,(H2,19,20,23,24)/t12-/m0/s1. The van der Waals surface area contributed by atoms with Crippen LogP contribution in [0.5, 0.6) is 11.5 Å². The van der Waals surface area contributed by atoms with Gasteiger partial charge < -0.3 is 19.5 Å². The van der Waals surface area contributed by atoms with Gasteiger partial charge in [0.1, 0.15) is 0 Å². The molecule has 0 aliphatic heterocycles. The van der Waals surface area contributed by atoms with Crippen LogP contribution in [0.2, 0.25) is 0 Å². The molecule has 0 unspecified atom stereocenters. The summed E-state index contributed by atoms with van der Waals surface area (Å²) in [6.45, 7) is 5.74. The van der Waals surface area contributed by atoms with E-state index in [1.54, 1.807) is 13.8 Å². The van der Waals surface area contributed by atoms with Gasteiger partial charge in [-0.25, -0.2) is 9.59 Å². The second-order valence-electron chi connectivity index (χ2n) is 5.96. The number of ether oxygens (including phenoxy) is 3. The fourth-order valence-corrected chi connectivity index (χ4v) is 1.94. The number of imide groups is 1. The highest BCUT2D eigenvalue weighted by Crippen LogP contribution is 2.28. The Morgan fingerprint density at radius 2 is 1.74 bits per heavy atom. The number of carbonyl (C=O) groups is 4. The summed E-state index contributed by atoms with van der Waals surface area (Å²) in [6.07, 6.45) is -1.18. The molecule has 0 aromatic heterocycles. The molecule has 0 fully saturated rings. The number of benzene rings is 1. The predicted octanol–water partition coefficient (Wildman–Crippen LogP) is 1.44. The van der Waals surface area contributed by atoms with Crippen molar-refractivity contribution in [3.8, 4) is 11.5 Å². The zero-order valence-electron chi connectivity index (χ0n) is 16.0. The van der Waals surface area contributed by atoms with Crippen LogP contribution < -0.4 is 20.1 Å². The van der Waals surface area contributed by atoms with Crippen molar-refractivity contribution in [2.45, 2.75) is 39.8 Å². The van der Waals surface area contributed by atoms with Gasteiger partial charge in [0.15, 0.2) is 30.0 Å². The van der Waals surface area contributed by atoms with E-state index < -0.39 is 30.6 Å². The third-order valence-corrected chi connectivity index (χ3v) is 3.25. The number of urea groups is 1. The monoisotopic (exact) mass is 380 g/mol. The third-order valence-electron chi connectivity index (χ3n) is 3.25. The average Bonchev–Trinajstić information content (AvgIpc) is 2.58. The van der Waals surface area contributed by atoms with Crippen molar-refractivity contribution in [2.75, 3.05) is 13.7 Å². The zero-order valence-corrected chi connectivity index (χ0v) is 16.0. The molecule has 0 bridgehead atoms. The Balaban J connectivity index is 2.56. The Morgan fingerprint density at radius 1 is 1.07 bits per heavy atom. The van der Waals surface area contributed by atoms with Crippen molar-refractivity contribution in [1.29, 1.82) is 0 Å². The van der Waals surface area contributed by atoms with Crippen LogP contribution in [0.1, 0.15) is 38.1 Å². The number of rotatable bonds is 8. The molecule has 3 amide bonds. The van der Waals surface area contributed by atoms with Gasteiger partial charge in [-0.15, -0.1) is 0 Å². The molecule has 9 nitrogen and oxygen atoms in total. The van der Waals surface area contributed by atoms with E-state index in [-0.39, 0.29) is 23.3 Å². The highest BCUT2D eigenvalue weighted by Gasteiger charge is 2.21. The fourth-order valence-electron chi connectivity index (χ4n) is 1.94. The average molecular weight is 380 g/mol. The minimum Gasteiger partial charge on any atom is -0.493 e. The van der Waals surface area contributed by atoms with Gasteiger partial charge in [-0.05, 0) is 45.9 Å². The van der Waals surface area contributed by atoms with Crippen LogP contribution in [0.25, 0.3) is 0 Å². The lowest BCUT2D eigenvalue weighted by molar-refractivity contribution is -0.156. The Kier molecular flexibility index (Phi) is 8.25. The van der Waals surface area contributed by atoms with Crippen LogP contribution in [0.3, 0.4) is 0 Å². The van der Waals surface area contributed by atoms with Crippen molar-refractivity contribution >= 4 is 23.7 Å². The van der Waals surface area contributed by atoms with Crippen molar-refractivity contribution in [3.05, 3.63) is 23.8 Å². The molecular formula is C18H24N2O7. The number of amides is 3. The highest BCUT2D eigenvalue weighted by molar-refractivity contribution is 5.97. The second kappa shape index (κ2) is 10.1. The minimum atomic E-state index is -1.18. The van der Waals surface area contributed by atoms with Gasteiger partial charge >= 0.3 is 12.0 Å². The SMILES string of the molecule is COc1cc(C(C)=O)ccc1OCC(=O)O[C@@H](C)C(=O)NC(=O)NC(C)C. The first-order chi connectivity index (χ1) is 12.6. The first-order valence-corrected chi connectivity index (χ1v) is 8.26. The van der Waals surface area contributed by atoms with Gasteiger partial charge in [0.05, 0.1) is 7.11 Å². The molecule has 1 aromatic carbocycles. The zero-order chi connectivity index (χ0) is 20.6.